The Kier molecular flexibility index (Phi) is 4.71. The predicted molar refractivity (Wildman–Crippen MR) is 68.5 cm³/mol. The highest BCUT2D eigenvalue weighted by Gasteiger charge is 2.18. The van der Waals surface area contributed by atoms with E-state index in [9.17, 15) is 9.59 Å². The number of hydrogen-bond acceptors (Lipinski definition) is 6. The molecule has 5 nitrogen and oxygen atoms in total. The van der Waals surface area contributed by atoms with E-state index in [0.29, 0.717) is 11.1 Å². The molecule has 1 aromatic rings. The highest BCUT2D eigenvalue weighted by Crippen LogP contribution is 2.25. The molecule has 0 atom stereocenters. The number of methoxy groups -OCH3 is 2. The second kappa shape index (κ2) is 6.05. The van der Waals surface area contributed by atoms with Crippen molar-refractivity contribution in [3.8, 4) is 0 Å². The number of hydrogen-bond donors (Lipinski definition) is 0. The first-order chi connectivity index (χ1) is 8.54. The Labute approximate surface area is 109 Å². The van der Waals surface area contributed by atoms with E-state index in [0.717, 1.165) is 0 Å². The monoisotopic (exact) mass is 265 g/mol. The highest BCUT2D eigenvalue weighted by atomic mass is 32.1. The largest absolute Gasteiger partial charge is 0.465 e. The predicted octanol–water partition coefficient (Wildman–Crippen LogP) is 2.30. The summed E-state index contributed by atoms with van der Waals surface area (Å²) in [5.41, 5.74) is 1.35. The van der Waals surface area contributed by atoms with Crippen LogP contribution in [0.15, 0.2) is 17.1 Å². The number of rotatable bonds is 3. The van der Waals surface area contributed by atoms with E-state index >= 15 is 0 Å². The quantitative estimate of drug-likeness (QED) is 0.476. The van der Waals surface area contributed by atoms with Gasteiger partial charge in [-0.15, -0.1) is 0 Å². The summed E-state index contributed by atoms with van der Waals surface area (Å²) in [6.07, 6.45) is 0. The van der Waals surface area contributed by atoms with Crippen LogP contribution in [0.25, 0.3) is 0 Å². The van der Waals surface area contributed by atoms with Crippen molar-refractivity contribution in [1.29, 1.82) is 0 Å². The number of esters is 2. The molecule has 0 aliphatic heterocycles. The number of aliphatic imine (C=N–C) groups is 1. The van der Waals surface area contributed by atoms with Gasteiger partial charge >= 0.3 is 11.9 Å². The van der Waals surface area contributed by atoms with Crippen molar-refractivity contribution in [2.24, 2.45) is 4.99 Å². The number of benzene rings is 1. The minimum atomic E-state index is -0.557. The zero-order chi connectivity index (χ0) is 13.7. The van der Waals surface area contributed by atoms with E-state index in [2.05, 4.69) is 31.8 Å². The van der Waals surface area contributed by atoms with Gasteiger partial charge in [0.05, 0.1) is 36.2 Å². The third kappa shape index (κ3) is 2.80. The molecular formula is C12H11NO4S. The van der Waals surface area contributed by atoms with E-state index in [1.807, 2.05) is 0 Å². The maximum atomic E-state index is 11.6. The Morgan fingerprint density at radius 2 is 1.72 bits per heavy atom. The molecule has 0 fully saturated rings. The van der Waals surface area contributed by atoms with Gasteiger partial charge in [0.15, 0.2) is 0 Å². The van der Waals surface area contributed by atoms with Crippen LogP contribution in [0.4, 0.5) is 5.69 Å². The summed E-state index contributed by atoms with van der Waals surface area (Å²) in [7, 11) is 2.54. The molecule has 0 heterocycles. The lowest BCUT2D eigenvalue weighted by molar-refractivity contribution is 0.0586. The Bertz CT molecular complexity index is 547. The lowest BCUT2D eigenvalue weighted by Crippen LogP contribution is -2.07. The fourth-order valence-corrected chi connectivity index (χ4v) is 1.54. The van der Waals surface area contributed by atoms with Crippen molar-refractivity contribution in [3.63, 3.8) is 0 Å². The smallest absolute Gasteiger partial charge is 0.340 e. The van der Waals surface area contributed by atoms with Gasteiger partial charge in [-0.05, 0) is 36.8 Å². The molecule has 0 unspecified atom stereocenters. The van der Waals surface area contributed by atoms with E-state index in [4.69, 9.17) is 0 Å². The van der Waals surface area contributed by atoms with Gasteiger partial charge in [-0.2, -0.15) is 4.99 Å². The van der Waals surface area contributed by atoms with Crippen LogP contribution in [0.1, 0.15) is 26.3 Å². The van der Waals surface area contributed by atoms with Gasteiger partial charge in [0.2, 0.25) is 0 Å². The lowest BCUT2D eigenvalue weighted by atomic mass is 10.0. The molecule has 0 aliphatic rings. The summed E-state index contributed by atoms with van der Waals surface area (Å²) in [4.78, 5) is 26.8. The fraction of sp³-hybridized carbons (Fsp3) is 0.250. The van der Waals surface area contributed by atoms with Crippen molar-refractivity contribution < 1.29 is 19.1 Å². The average molecular weight is 265 g/mol. The lowest BCUT2D eigenvalue weighted by Gasteiger charge is -2.08. The zero-order valence-electron chi connectivity index (χ0n) is 10.1. The van der Waals surface area contributed by atoms with Crippen LogP contribution in [0.2, 0.25) is 0 Å². The van der Waals surface area contributed by atoms with Gasteiger partial charge < -0.3 is 9.47 Å². The molecule has 0 spiro atoms. The average Bonchev–Trinajstić information content (AvgIpc) is 2.38. The molecule has 0 amide bonds. The highest BCUT2D eigenvalue weighted by molar-refractivity contribution is 7.78. The maximum absolute atomic E-state index is 11.6. The molecule has 0 aromatic heterocycles. The number of carbonyl (C=O) groups is 2. The summed E-state index contributed by atoms with van der Waals surface area (Å²) in [6, 6.07) is 2.93. The molecule has 1 aromatic carbocycles. The first-order valence-corrected chi connectivity index (χ1v) is 5.35. The molecule has 0 N–H and O–H groups in total. The second-order valence-electron chi connectivity index (χ2n) is 3.37. The van der Waals surface area contributed by atoms with E-state index in [-0.39, 0.29) is 11.3 Å². The molecule has 0 radical (unpaired) electrons. The number of aryl methyl sites for hydroxylation is 1. The maximum Gasteiger partial charge on any atom is 0.340 e. The van der Waals surface area contributed by atoms with E-state index < -0.39 is 11.9 Å². The summed E-state index contributed by atoms with van der Waals surface area (Å²) in [6.45, 7) is 1.68. The van der Waals surface area contributed by atoms with Crippen molar-refractivity contribution in [2.75, 3.05) is 14.2 Å². The molecular weight excluding hydrogens is 254 g/mol. The van der Waals surface area contributed by atoms with Crippen LogP contribution >= 0.6 is 12.2 Å². The van der Waals surface area contributed by atoms with Gasteiger partial charge in [0.1, 0.15) is 0 Å². The van der Waals surface area contributed by atoms with Crippen molar-refractivity contribution >= 4 is 35.0 Å². The summed E-state index contributed by atoms with van der Waals surface area (Å²) in [5.74, 6) is -1.07. The molecule has 6 heteroatoms. The third-order valence-corrected chi connectivity index (χ3v) is 2.41. The number of nitrogens with zero attached hydrogens (tertiary/aromatic N) is 1. The van der Waals surface area contributed by atoms with Crippen molar-refractivity contribution in [2.45, 2.75) is 6.92 Å². The normalized spacial score (nSPS) is 9.28. The first kappa shape index (κ1) is 14.0. The van der Waals surface area contributed by atoms with Crippen molar-refractivity contribution in [3.05, 3.63) is 28.8 Å². The van der Waals surface area contributed by atoms with Crippen LogP contribution in [-0.2, 0) is 9.47 Å². The first-order valence-electron chi connectivity index (χ1n) is 4.94. The third-order valence-electron chi connectivity index (χ3n) is 2.32. The van der Waals surface area contributed by atoms with Crippen LogP contribution in [0.5, 0.6) is 0 Å². The van der Waals surface area contributed by atoms with E-state index in [1.54, 1.807) is 6.92 Å². The summed E-state index contributed by atoms with van der Waals surface area (Å²) in [5, 5.41) is 2.16. The summed E-state index contributed by atoms with van der Waals surface area (Å²) < 4.78 is 9.26. The van der Waals surface area contributed by atoms with E-state index in [1.165, 1.54) is 26.4 Å². The zero-order valence-corrected chi connectivity index (χ0v) is 11.0. The fourth-order valence-electron chi connectivity index (χ4n) is 1.44. The SMILES string of the molecule is COC(=O)c1cc(N=C=S)c(C(=O)OC)cc1C. The van der Waals surface area contributed by atoms with Gasteiger partial charge in [0.25, 0.3) is 0 Å². The topological polar surface area (TPSA) is 65.0 Å². The number of ether oxygens (including phenoxy) is 2. The Morgan fingerprint density at radius 3 is 2.22 bits per heavy atom. The molecule has 18 heavy (non-hydrogen) atoms. The van der Waals surface area contributed by atoms with Crippen LogP contribution in [0, 0.1) is 6.92 Å². The second-order valence-corrected chi connectivity index (χ2v) is 3.55. The number of carbonyl (C=O) groups excluding carboxylic acids is 2. The minimum absolute atomic E-state index is 0.222. The molecule has 1 rings (SSSR count). The minimum Gasteiger partial charge on any atom is -0.465 e. The van der Waals surface area contributed by atoms with Crippen LogP contribution < -0.4 is 0 Å². The van der Waals surface area contributed by atoms with Gasteiger partial charge in [-0.1, -0.05) is 0 Å². The van der Waals surface area contributed by atoms with Gasteiger partial charge in [-0.3, -0.25) is 0 Å². The van der Waals surface area contributed by atoms with Gasteiger partial charge in [-0.25, -0.2) is 9.59 Å². The molecule has 0 saturated heterocycles. The number of isothiocyanates is 1. The summed E-state index contributed by atoms with van der Waals surface area (Å²) >= 11 is 4.50. The molecule has 0 saturated carbocycles. The molecule has 0 bridgehead atoms. The number of thiocarbonyl (C=S) groups is 1. The van der Waals surface area contributed by atoms with Crippen molar-refractivity contribution in [1.82, 2.24) is 0 Å². The molecule has 94 valence electrons. The van der Waals surface area contributed by atoms with Crippen LogP contribution in [-0.4, -0.2) is 31.3 Å². The Morgan fingerprint density at radius 1 is 1.17 bits per heavy atom. The van der Waals surface area contributed by atoms with Gasteiger partial charge in [0, 0.05) is 0 Å². The molecule has 0 aliphatic carbocycles. The standard InChI is InChI=1S/C12H11NO4S/c1-7-4-9(12(15)17-3)10(13-6-18)5-8(7)11(14)16-2/h4-5H,1-3H3. The Balaban J connectivity index is 3.48. The Hall–Kier alpha value is -2.04. The van der Waals surface area contributed by atoms with Crippen LogP contribution in [0.3, 0.4) is 0 Å².